The third-order valence-corrected chi connectivity index (χ3v) is 8.32. The van der Waals surface area contributed by atoms with Gasteiger partial charge in [-0.1, -0.05) is 15.8 Å². The molecule has 0 aliphatic carbocycles. The number of amidine groups is 1. The summed E-state index contributed by atoms with van der Waals surface area (Å²) in [6, 6.07) is 6.54. The summed E-state index contributed by atoms with van der Waals surface area (Å²) < 4.78 is 29.7. The lowest BCUT2D eigenvalue weighted by atomic mass is 9.91. The second kappa shape index (κ2) is 8.09. The Bertz CT molecular complexity index is 1220. The maximum atomic E-state index is 15.0. The average Bonchev–Trinajstić information content (AvgIpc) is 3.27. The van der Waals surface area contributed by atoms with E-state index in [4.69, 9.17) is 20.0 Å². The highest BCUT2D eigenvalue weighted by Crippen LogP contribution is 2.38. The van der Waals surface area contributed by atoms with E-state index in [1.165, 1.54) is 19.4 Å². The van der Waals surface area contributed by atoms with Gasteiger partial charge < -0.3 is 15.0 Å². The number of rotatable bonds is 4. The highest BCUT2D eigenvalue weighted by atomic mass is 32.2. The number of hydrogen-bond donors (Lipinski definition) is 1. The van der Waals surface area contributed by atoms with E-state index in [-0.39, 0.29) is 10.6 Å². The van der Waals surface area contributed by atoms with Crippen LogP contribution in [0, 0.1) is 5.82 Å². The molecule has 3 aromatic rings. The summed E-state index contributed by atoms with van der Waals surface area (Å²) in [5.74, 6) is 1.58. The van der Waals surface area contributed by atoms with E-state index in [2.05, 4.69) is 19.5 Å². The molecule has 1 aliphatic heterocycles. The third-order valence-electron chi connectivity index (χ3n) is 5.65. The number of ether oxygens (including phenoxy) is 1. The fraction of sp³-hybridized carbons (Fsp3) is 0.364. The minimum atomic E-state index is -0.841. The first-order chi connectivity index (χ1) is 15.2. The van der Waals surface area contributed by atoms with Crippen LogP contribution in [0.3, 0.4) is 0 Å². The fourth-order valence-corrected chi connectivity index (χ4v) is 5.59. The average molecular weight is 457 g/mol. The topological polar surface area (TPSA) is 112 Å². The van der Waals surface area contributed by atoms with Crippen molar-refractivity contribution in [1.29, 1.82) is 0 Å². The van der Waals surface area contributed by atoms with Gasteiger partial charge >= 0.3 is 0 Å². The molecule has 0 spiro atoms. The van der Waals surface area contributed by atoms with E-state index in [1.807, 2.05) is 20.8 Å². The SMILES string of the molecule is CN=[S@@]1C[C@@](C)(c2cc(-c3cc(-c4cnc(OC)cn4)no3)ccc2F)N=C(N)C1(C)C. The highest BCUT2D eigenvalue weighted by molar-refractivity contribution is 7.89. The van der Waals surface area contributed by atoms with Crippen LogP contribution >= 0.6 is 0 Å². The molecule has 0 unspecified atom stereocenters. The van der Waals surface area contributed by atoms with Crippen LogP contribution in [0.25, 0.3) is 22.7 Å². The molecule has 4 rings (SSSR count). The molecule has 2 N–H and O–H groups in total. The van der Waals surface area contributed by atoms with Crippen molar-refractivity contribution in [3.63, 3.8) is 0 Å². The van der Waals surface area contributed by atoms with E-state index in [9.17, 15) is 4.39 Å². The van der Waals surface area contributed by atoms with Crippen molar-refractivity contribution in [3.8, 4) is 28.6 Å². The van der Waals surface area contributed by atoms with Gasteiger partial charge in [-0.25, -0.2) is 14.4 Å². The van der Waals surface area contributed by atoms with Crippen molar-refractivity contribution in [3.05, 3.63) is 48.0 Å². The first-order valence-corrected chi connectivity index (χ1v) is 11.3. The van der Waals surface area contributed by atoms with Gasteiger partial charge in [-0.15, -0.1) is 0 Å². The number of aromatic nitrogens is 3. The highest BCUT2D eigenvalue weighted by Gasteiger charge is 2.42. The molecule has 168 valence electrons. The second-order valence-electron chi connectivity index (χ2n) is 8.19. The Labute approximate surface area is 188 Å². The van der Waals surface area contributed by atoms with Crippen LogP contribution < -0.4 is 10.5 Å². The summed E-state index contributed by atoms with van der Waals surface area (Å²) in [5.41, 5.74) is 7.63. The molecule has 2 atom stereocenters. The number of nitrogens with zero attached hydrogens (tertiary/aromatic N) is 5. The van der Waals surface area contributed by atoms with Crippen LogP contribution in [0.2, 0.25) is 0 Å². The van der Waals surface area contributed by atoms with Crippen LogP contribution in [-0.4, -0.2) is 45.6 Å². The van der Waals surface area contributed by atoms with Crippen LogP contribution in [0.4, 0.5) is 4.39 Å². The van der Waals surface area contributed by atoms with Gasteiger partial charge in [0.2, 0.25) is 5.88 Å². The number of aliphatic imine (C=N–C) groups is 1. The van der Waals surface area contributed by atoms with Crippen molar-refractivity contribution >= 4 is 16.5 Å². The van der Waals surface area contributed by atoms with Crippen molar-refractivity contribution in [2.45, 2.75) is 31.1 Å². The van der Waals surface area contributed by atoms with Crippen LogP contribution in [-0.2, 0) is 16.2 Å². The molecule has 0 fully saturated rings. The van der Waals surface area contributed by atoms with Gasteiger partial charge in [0.15, 0.2) is 5.76 Å². The predicted octanol–water partition coefficient (Wildman–Crippen LogP) is 3.74. The van der Waals surface area contributed by atoms with E-state index in [0.717, 1.165) is 0 Å². The Morgan fingerprint density at radius 1 is 1.16 bits per heavy atom. The van der Waals surface area contributed by atoms with Crippen molar-refractivity contribution in [2.24, 2.45) is 15.1 Å². The number of benzene rings is 1. The van der Waals surface area contributed by atoms with E-state index in [1.54, 1.807) is 31.4 Å². The molecular weight excluding hydrogens is 431 g/mol. The Morgan fingerprint density at radius 2 is 1.94 bits per heavy atom. The van der Waals surface area contributed by atoms with Gasteiger partial charge in [-0.05, 0) is 39.0 Å². The van der Waals surface area contributed by atoms with E-state index < -0.39 is 16.2 Å². The molecule has 0 amide bonds. The molecule has 1 aliphatic rings. The van der Waals surface area contributed by atoms with Crippen molar-refractivity contribution in [1.82, 2.24) is 15.1 Å². The van der Waals surface area contributed by atoms with Crippen LogP contribution in [0.1, 0.15) is 26.3 Å². The lowest BCUT2D eigenvalue weighted by Gasteiger charge is -2.40. The molecule has 2 aromatic heterocycles. The summed E-state index contributed by atoms with van der Waals surface area (Å²) in [6.07, 6.45) is 3.05. The Balaban J connectivity index is 1.73. The first kappa shape index (κ1) is 22.1. The molecule has 3 heterocycles. The van der Waals surface area contributed by atoms with Gasteiger partial charge in [0.25, 0.3) is 0 Å². The molecule has 8 nitrogen and oxygen atoms in total. The van der Waals surface area contributed by atoms with E-state index in [0.29, 0.717) is 45.7 Å². The van der Waals surface area contributed by atoms with Gasteiger partial charge in [0.1, 0.15) is 23.0 Å². The Kier molecular flexibility index (Phi) is 5.58. The van der Waals surface area contributed by atoms with Gasteiger partial charge in [-0.2, -0.15) is 0 Å². The molecular formula is C22H25FN6O2S. The zero-order valence-corrected chi connectivity index (χ0v) is 19.4. The molecule has 10 heteroatoms. The second-order valence-corrected chi connectivity index (χ2v) is 10.6. The quantitative estimate of drug-likeness (QED) is 0.640. The summed E-state index contributed by atoms with van der Waals surface area (Å²) >= 11 is 0. The van der Waals surface area contributed by atoms with Crippen LogP contribution in [0.15, 0.2) is 50.5 Å². The summed E-state index contributed by atoms with van der Waals surface area (Å²) in [7, 11) is 2.89. The van der Waals surface area contributed by atoms with Gasteiger partial charge in [-0.3, -0.25) is 9.36 Å². The minimum Gasteiger partial charge on any atom is -0.480 e. The smallest absolute Gasteiger partial charge is 0.232 e. The van der Waals surface area contributed by atoms with E-state index >= 15 is 0 Å². The molecule has 1 aromatic carbocycles. The summed E-state index contributed by atoms with van der Waals surface area (Å²) in [4.78, 5) is 13.1. The number of methoxy groups -OCH3 is 1. The van der Waals surface area contributed by atoms with Crippen molar-refractivity contribution in [2.75, 3.05) is 19.9 Å². The lowest BCUT2D eigenvalue weighted by molar-refractivity contribution is 0.395. The number of hydrogen-bond acceptors (Lipinski definition) is 8. The predicted molar refractivity (Wildman–Crippen MR) is 123 cm³/mol. The standard InChI is InChI=1S/C22H25FN6O2S/c1-21(2)20(24)28-22(3,12-32(21)25-4)14-8-13(6-7-15(14)23)18-9-16(29-31-18)17-10-27-19(30-5)11-26-17/h6-11H,12H2,1-5H3,(H2,24,28)/t22-,32+/m0/s1. The largest absolute Gasteiger partial charge is 0.480 e. The lowest BCUT2D eigenvalue weighted by Crippen LogP contribution is -2.51. The van der Waals surface area contributed by atoms with Crippen LogP contribution in [0.5, 0.6) is 5.88 Å². The summed E-state index contributed by atoms with van der Waals surface area (Å²) in [6.45, 7) is 5.93. The van der Waals surface area contributed by atoms with Gasteiger partial charge in [0, 0.05) is 30.0 Å². The number of nitrogens with two attached hydrogens (primary N) is 1. The Hall–Kier alpha value is -3.14. The summed E-state index contributed by atoms with van der Waals surface area (Å²) in [5, 5.41) is 4.08. The zero-order valence-electron chi connectivity index (χ0n) is 18.6. The zero-order chi connectivity index (χ0) is 23.1. The maximum absolute atomic E-state index is 15.0. The monoisotopic (exact) mass is 456 g/mol. The number of halogens is 1. The minimum absolute atomic E-state index is 0.354. The fourth-order valence-electron chi connectivity index (χ4n) is 3.61. The molecule has 0 bridgehead atoms. The maximum Gasteiger partial charge on any atom is 0.232 e. The molecule has 0 saturated carbocycles. The molecule has 0 saturated heterocycles. The normalized spacial score (nSPS) is 22.6. The Morgan fingerprint density at radius 3 is 2.59 bits per heavy atom. The molecule has 0 radical (unpaired) electrons. The third kappa shape index (κ3) is 3.79. The first-order valence-electron chi connectivity index (χ1n) is 9.98. The van der Waals surface area contributed by atoms with Gasteiger partial charge in [0.05, 0.1) is 29.8 Å². The molecule has 32 heavy (non-hydrogen) atoms. The van der Waals surface area contributed by atoms with Crippen molar-refractivity contribution < 1.29 is 13.7 Å².